The molecule has 1 amide bonds. The Morgan fingerprint density at radius 1 is 1.28 bits per heavy atom. The molecule has 1 aromatic carbocycles. The van der Waals surface area contributed by atoms with Crippen LogP contribution in [-0.2, 0) is 16.0 Å². The van der Waals surface area contributed by atoms with Gasteiger partial charge in [0.15, 0.2) is 11.5 Å². The van der Waals surface area contributed by atoms with Crippen molar-refractivity contribution in [1.29, 1.82) is 0 Å². The molecule has 130 valence electrons. The third-order valence-electron chi connectivity index (χ3n) is 4.51. The maximum Gasteiger partial charge on any atom is 0.329 e. The molecule has 7 nitrogen and oxygen atoms in total. The predicted octanol–water partition coefficient (Wildman–Crippen LogP) is 2.20. The van der Waals surface area contributed by atoms with Crippen molar-refractivity contribution in [2.45, 2.75) is 31.2 Å². The topological polar surface area (TPSA) is 97.8 Å². The van der Waals surface area contributed by atoms with Crippen LogP contribution in [0.1, 0.15) is 25.0 Å². The van der Waals surface area contributed by atoms with E-state index in [1.807, 2.05) is 23.6 Å². The van der Waals surface area contributed by atoms with Crippen molar-refractivity contribution in [1.82, 2.24) is 10.3 Å². The first-order chi connectivity index (χ1) is 12.1. The van der Waals surface area contributed by atoms with Gasteiger partial charge in [-0.1, -0.05) is 0 Å². The van der Waals surface area contributed by atoms with Crippen molar-refractivity contribution in [2.75, 3.05) is 6.79 Å². The second-order valence-corrected chi connectivity index (χ2v) is 7.04. The van der Waals surface area contributed by atoms with E-state index in [0.717, 1.165) is 17.0 Å². The van der Waals surface area contributed by atoms with Gasteiger partial charge in [0.05, 0.1) is 12.1 Å². The predicted molar refractivity (Wildman–Crippen MR) is 89.7 cm³/mol. The van der Waals surface area contributed by atoms with E-state index in [-0.39, 0.29) is 19.1 Å². The number of ether oxygens (including phenoxy) is 2. The Bertz CT molecular complexity index is 843. The van der Waals surface area contributed by atoms with Crippen LogP contribution in [0.15, 0.2) is 23.6 Å². The number of aliphatic carboxylic acids is 1. The van der Waals surface area contributed by atoms with E-state index in [9.17, 15) is 14.7 Å². The van der Waals surface area contributed by atoms with Crippen molar-refractivity contribution >= 4 is 23.2 Å². The molecule has 1 aliphatic carbocycles. The molecule has 0 unspecified atom stereocenters. The van der Waals surface area contributed by atoms with Gasteiger partial charge < -0.3 is 19.9 Å². The highest BCUT2D eigenvalue weighted by atomic mass is 32.1. The van der Waals surface area contributed by atoms with Crippen LogP contribution in [0.5, 0.6) is 11.5 Å². The van der Waals surface area contributed by atoms with Gasteiger partial charge in [0.25, 0.3) is 0 Å². The molecule has 0 saturated heterocycles. The average molecular weight is 360 g/mol. The first kappa shape index (κ1) is 15.9. The Labute approximate surface area is 147 Å². The molecule has 2 aromatic rings. The van der Waals surface area contributed by atoms with Gasteiger partial charge in [-0.2, -0.15) is 0 Å². The molecule has 4 rings (SSSR count). The molecular formula is C17H16N2O5S. The van der Waals surface area contributed by atoms with Crippen molar-refractivity contribution < 1.29 is 24.2 Å². The van der Waals surface area contributed by atoms with Gasteiger partial charge >= 0.3 is 5.97 Å². The Balaban J connectivity index is 1.45. The number of hydrogen-bond donors (Lipinski definition) is 2. The molecule has 1 aliphatic heterocycles. The van der Waals surface area contributed by atoms with E-state index in [1.54, 1.807) is 0 Å². The fourth-order valence-electron chi connectivity index (χ4n) is 2.95. The summed E-state index contributed by atoms with van der Waals surface area (Å²) in [6, 6.07) is 5.58. The van der Waals surface area contributed by atoms with E-state index < -0.39 is 11.5 Å². The van der Waals surface area contributed by atoms with Gasteiger partial charge in [0, 0.05) is 10.9 Å². The molecule has 1 aromatic heterocycles. The molecule has 2 aliphatic rings. The number of thiazole rings is 1. The van der Waals surface area contributed by atoms with Gasteiger partial charge in [-0.15, -0.1) is 11.3 Å². The monoisotopic (exact) mass is 360 g/mol. The number of carboxylic acids is 1. The lowest BCUT2D eigenvalue weighted by Gasteiger charge is -2.38. The summed E-state index contributed by atoms with van der Waals surface area (Å²) in [5.41, 5.74) is 0.421. The zero-order chi connectivity index (χ0) is 17.4. The van der Waals surface area contributed by atoms with E-state index in [0.29, 0.717) is 30.0 Å². The van der Waals surface area contributed by atoms with Crippen LogP contribution in [0.3, 0.4) is 0 Å². The van der Waals surface area contributed by atoms with Crippen molar-refractivity contribution in [3.8, 4) is 22.1 Å². The van der Waals surface area contributed by atoms with E-state index in [1.165, 1.54) is 11.3 Å². The zero-order valence-corrected chi connectivity index (χ0v) is 14.1. The summed E-state index contributed by atoms with van der Waals surface area (Å²) in [6.45, 7) is 0.216. The second kappa shape index (κ2) is 6.03. The second-order valence-electron chi connectivity index (χ2n) is 6.18. The standard InChI is InChI=1S/C17H16N2O5S/c20-14(19-17(16(21)22)4-1-5-17)7-11-8-25-15(18-11)10-2-3-12-13(6-10)24-9-23-12/h2-3,6,8H,1,4-5,7,9H2,(H,19,20)(H,21,22). The number of carbonyl (C=O) groups is 2. The van der Waals surface area contributed by atoms with Crippen LogP contribution in [0.2, 0.25) is 0 Å². The Hall–Kier alpha value is -2.61. The molecule has 0 spiro atoms. The highest BCUT2D eigenvalue weighted by Gasteiger charge is 2.45. The van der Waals surface area contributed by atoms with Gasteiger partial charge in [-0.3, -0.25) is 4.79 Å². The van der Waals surface area contributed by atoms with E-state index in [2.05, 4.69) is 10.3 Å². The maximum atomic E-state index is 12.2. The summed E-state index contributed by atoms with van der Waals surface area (Å²) >= 11 is 1.43. The van der Waals surface area contributed by atoms with Crippen molar-refractivity contribution in [2.24, 2.45) is 0 Å². The normalized spacial score (nSPS) is 17.0. The van der Waals surface area contributed by atoms with Gasteiger partial charge in [0.2, 0.25) is 12.7 Å². The number of nitrogens with zero attached hydrogens (tertiary/aromatic N) is 1. The number of benzene rings is 1. The molecule has 2 heterocycles. The first-order valence-corrected chi connectivity index (χ1v) is 8.83. The maximum absolute atomic E-state index is 12.2. The fourth-order valence-corrected chi connectivity index (χ4v) is 3.77. The smallest absolute Gasteiger partial charge is 0.329 e. The Morgan fingerprint density at radius 3 is 2.80 bits per heavy atom. The third-order valence-corrected chi connectivity index (χ3v) is 5.45. The minimum Gasteiger partial charge on any atom is -0.480 e. The summed E-state index contributed by atoms with van der Waals surface area (Å²) in [7, 11) is 0. The first-order valence-electron chi connectivity index (χ1n) is 7.95. The van der Waals surface area contributed by atoms with E-state index >= 15 is 0 Å². The van der Waals surface area contributed by atoms with Crippen LogP contribution in [0.25, 0.3) is 10.6 Å². The summed E-state index contributed by atoms with van der Waals surface area (Å²) in [4.78, 5) is 28.0. The number of hydrogen-bond acceptors (Lipinski definition) is 6. The Kier molecular flexibility index (Phi) is 3.84. The molecular weight excluding hydrogens is 344 g/mol. The van der Waals surface area contributed by atoms with Crippen molar-refractivity contribution in [3.05, 3.63) is 29.3 Å². The molecule has 2 N–H and O–H groups in total. The summed E-state index contributed by atoms with van der Waals surface area (Å²) in [5, 5.41) is 14.5. The van der Waals surface area contributed by atoms with Crippen LogP contribution >= 0.6 is 11.3 Å². The molecule has 1 saturated carbocycles. The number of aromatic nitrogens is 1. The summed E-state index contributed by atoms with van der Waals surface area (Å²) in [6.07, 6.45) is 1.84. The quantitative estimate of drug-likeness (QED) is 0.848. The van der Waals surface area contributed by atoms with Gasteiger partial charge in [-0.25, -0.2) is 9.78 Å². The number of amides is 1. The number of rotatable bonds is 5. The number of nitrogens with one attached hydrogen (secondary N) is 1. The highest BCUT2D eigenvalue weighted by Crippen LogP contribution is 2.37. The van der Waals surface area contributed by atoms with Crippen molar-refractivity contribution in [3.63, 3.8) is 0 Å². The van der Waals surface area contributed by atoms with Crippen LogP contribution in [0, 0.1) is 0 Å². The third kappa shape index (κ3) is 2.93. The number of carbonyl (C=O) groups excluding carboxylic acids is 1. The lowest BCUT2D eigenvalue weighted by Crippen LogP contribution is -2.59. The molecule has 0 bridgehead atoms. The summed E-state index contributed by atoms with van der Waals surface area (Å²) in [5.74, 6) is 0.107. The lowest BCUT2D eigenvalue weighted by molar-refractivity contribution is -0.151. The number of carboxylic acid groups (broad SMARTS) is 1. The largest absolute Gasteiger partial charge is 0.480 e. The zero-order valence-electron chi connectivity index (χ0n) is 13.3. The molecule has 0 radical (unpaired) electrons. The molecule has 25 heavy (non-hydrogen) atoms. The SMILES string of the molecule is O=C(Cc1csc(-c2ccc3c(c2)OCO3)n1)NC1(C(=O)O)CCC1. The van der Waals surface area contributed by atoms with Crippen LogP contribution in [0.4, 0.5) is 0 Å². The lowest BCUT2D eigenvalue weighted by atomic mass is 9.76. The molecule has 0 atom stereocenters. The average Bonchev–Trinajstić information content (AvgIpc) is 3.18. The van der Waals surface area contributed by atoms with Crippen LogP contribution in [-0.4, -0.2) is 34.3 Å². The minimum atomic E-state index is -1.09. The number of fused-ring (bicyclic) bond motifs is 1. The van der Waals surface area contributed by atoms with Gasteiger partial charge in [-0.05, 0) is 37.5 Å². The minimum absolute atomic E-state index is 0.0656. The van der Waals surface area contributed by atoms with Gasteiger partial charge in [0.1, 0.15) is 10.5 Å². The molecule has 1 fully saturated rings. The Morgan fingerprint density at radius 2 is 2.08 bits per heavy atom. The van der Waals surface area contributed by atoms with Crippen LogP contribution < -0.4 is 14.8 Å². The molecule has 8 heteroatoms. The highest BCUT2D eigenvalue weighted by molar-refractivity contribution is 7.13. The summed E-state index contributed by atoms with van der Waals surface area (Å²) < 4.78 is 10.7. The van der Waals surface area contributed by atoms with E-state index in [4.69, 9.17) is 9.47 Å². The fraction of sp³-hybridized carbons (Fsp3) is 0.353.